The van der Waals surface area contributed by atoms with Gasteiger partial charge in [0.15, 0.2) is 11.6 Å². The molecule has 0 fully saturated rings. The molecule has 0 aliphatic heterocycles. The van der Waals surface area contributed by atoms with Crippen LogP contribution >= 0.6 is 11.3 Å². The van der Waals surface area contributed by atoms with Crippen molar-refractivity contribution in [2.45, 2.75) is 6.92 Å². The monoisotopic (exact) mass is 358 g/mol. The highest BCUT2D eigenvalue weighted by Crippen LogP contribution is 2.38. The van der Waals surface area contributed by atoms with Crippen molar-refractivity contribution in [3.05, 3.63) is 78.5 Å². The fourth-order valence-electron chi connectivity index (χ4n) is 3.00. The molecule has 5 rings (SSSR count). The molecule has 0 atom stereocenters. The predicted molar refractivity (Wildman–Crippen MR) is 108 cm³/mol. The molecule has 0 N–H and O–H groups in total. The van der Waals surface area contributed by atoms with Crippen molar-refractivity contribution in [1.29, 1.82) is 0 Å². The first-order valence-electron chi connectivity index (χ1n) is 10.6. The van der Waals surface area contributed by atoms with E-state index in [1.807, 2.05) is 24.3 Å². The number of thiophene rings is 1. The van der Waals surface area contributed by atoms with E-state index in [4.69, 9.17) is 6.85 Å². The maximum atomic E-state index is 8.25. The summed E-state index contributed by atoms with van der Waals surface area (Å²) >= 11 is 1.64. The number of aromatic nitrogens is 3. The minimum Gasteiger partial charge on any atom is -0.213 e. The van der Waals surface area contributed by atoms with Crippen molar-refractivity contribution in [3.63, 3.8) is 0 Å². The lowest BCUT2D eigenvalue weighted by Crippen LogP contribution is -1.99. The zero-order chi connectivity index (χ0) is 21.9. The molecule has 0 spiro atoms. The Morgan fingerprint density at radius 1 is 0.808 bits per heavy atom. The number of hydrogen-bond donors (Lipinski definition) is 0. The van der Waals surface area contributed by atoms with Gasteiger partial charge in [0.2, 0.25) is 0 Å². The molecule has 0 unspecified atom stereocenters. The molecule has 124 valence electrons. The number of aryl methyl sites for hydroxylation is 1. The molecular weight excluding hydrogens is 338 g/mol. The van der Waals surface area contributed by atoms with Crippen LogP contribution in [0.25, 0.3) is 42.9 Å². The van der Waals surface area contributed by atoms with Gasteiger partial charge in [-0.1, -0.05) is 60.5 Å². The summed E-state index contributed by atoms with van der Waals surface area (Å²) in [7, 11) is 0. The number of benzene rings is 3. The third-order valence-electron chi connectivity index (χ3n) is 4.12. The zero-order valence-corrected chi connectivity index (χ0v) is 14.6. The predicted octanol–water partition coefficient (Wildman–Crippen LogP) is 5.88. The third kappa shape index (κ3) is 2.47. The topological polar surface area (TPSA) is 38.7 Å². The summed E-state index contributed by atoms with van der Waals surface area (Å²) < 4.78 is 42.4. The molecule has 0 amide bonds. The first-order chi connectivity index (χ1) is 14.9. The second-order valence-electron chi connectivity index (χ2n) is 5.81. The van der Waals surface area contributed by atoms with Gasteiger partial charge in [0.1, 0.15) is 5.82 Å². The van der Waals surface area contributed by atoms with Crippen molar-refractivity contribution in [3.8, 4) is 22.8 Å². The SMILES string of the molecule is [2H]c1c([2H])c([2H])c(-c2nc(C)nc(-c3cccc4c3sc3ccccc34)n2)c([2H])c1[2H]. The minimum atomic E-state index is -0.445. The number of hydrogen-bond acceptors (Lipinski definition) is 4. The Morgan fingerprint density at radius 2 is 1.58 bits per heavy atom. The van der Waals surface area contributed by atoms with E-state index in [0.29, 0.717) is 11.6 Å². The first-order valence-corrected chi connectivity index (χ1v) is 8.89. The van der Waals surface area contributed by atoms with Crippen molar-refractivity contribution in [1.82, 2.24) is 15.0 Å². The van der Waals surface area contributed by atoms with Crippen LogP contribution in [0.15, 0.2) is 72.7 Å². The van der Waals surface area contributed by atoms with Gasteiger partial charge >= 0.3 is 0 Å². The maximum Gasteiger partial charge on any atom is 0.165 e. The van der Waals surface area contributed by atoms with Gasteiger partial charge in [0.25, 0.3) is 0 Å². The summed E-state index contributed by atoms with van der Waals surface area (Å²) in [4.78, 5) is 13.3. The van der Waals surface area contributed by atoms with E-state index < -0.39 is 18.1 Å². The Labute approximate surface area is 162 Å². The molecule has 3 nitrogen and oxygen atoms in total. The van der Waals surface area contributed by atoms with Crippen LogP contribution in [0.3, 0.4) is 0 Å². The van der Waals surface area contributed by atoms with Crippen molar-refractivity contribution < 1.29 is 6.85 Å². The molecule has 3 aromatic carbocycles. The minimum absolute atomic E-state index is 0.0266. The summed E-state index contributed by atoms with van der Waals surface area (Å²) in [5, 5.41) is 2.25. The van der Waals surface area contributed by atoms with Crippen molar-refractivity contribution in [2.75, 3.05) is 0 Å². The van der Waals surface area contributed by atoms with Gasteiger partial charge in [-0.05, 0) is 19.1 Å². The Balaban J connectivity index is 1.79. The molecule has 0 bridgehead atoms. The fraction of sp³-hybridized carbons (Fsp3) is 0.0455. The highest BCUT2D eigenvalue weighted by Gasteiger charge is 2.14. The molecule has 0 saturated carbocycles. The molecule has 4 heteroatoms. The molecule has 5 aromatic rings. The van der Waals surface area contributed by atoms with E-state index in [-0.39, 0.29) is 23.5 Å². The summed E-state index contributed by atoms with van der Waals surface area (Å²) in [6.07, 6.45) is 0. The van der Waals surface area contributed by atoms with Crippen LogP contribution in [-0.4, -0.2) is 15.0 Å². The number of nitrogens with zero attached hydrogens (tertiary/aromatic N) is 3. The van der Waals surface area contributed by atoms with Gasteiger partial charge in [-0.2, -0.15) is 0 Å². The highest BCUT2D eigenvalue weighted by molar-refractivity contribution is 7.26. The molecule has 0 radical (unpaired) electrons. The lowest BCUT2D eigenvalue weighted by atomic mass is 10.1. The lowest BCUT2D eigenvalue weighted by Gasteiger charge is -2.06. The van der Waals surface area contributed by atoms with Crippen LogP contribution in [0.1, 0.15) is 12.7 Å². The second-order valence-corrected chi connectivity index (χ2v) is 6.86. The summed E-state index contributed by atoms with van der Waals surface area (Å²) in [5.74, 6) is 0.883. The van der Waals surface area contributed by atoms with Crippen molar-refractivity contribution >= 4 is 31.5 Å². The van der Waals surface area contributed by atoms with Gasteiger partial charge in [-0.3, -0.25) is 0 Å². The largest absolute Gasteiger partial charge is 0.213 e. The smallest absolute Gasteiger partial charge is 0.165 e. The molecular formula is C22H15N3S. The van der Waals surface area contributed by atoms with Crippen LogP contribution in [0, 0.1) is 6.92 Å². The average Bonchev–Trinajstić information content (AvgIpc) is 3.15. The van der Waals surface area contributed by atoms with Gasteiger partial charge in [0.05, 0.1) is 6.85 Å². The van der Waals surface area contributed by atoms with Crippen LogP contribution < -0.4 is 0 Å². The van der Waals surface area contributed by atoms with E-state index in [2.05, 4.69) is 33.2 Å². The van der Waals surface area contributed by atoms with Gasteiger partial charge < -0.3 is 0 Å². The molecule has 0 saturated heterocycles. The molecule has 0 aliphatic rings. The average molecular weight is 358 g/mol. The van der Waals surface area contributed by atoms with Crippen molar-refractivity contribution in [2.24, 2.45) is 0 Å². The standard InChI is InChI=1S/C22H15N3S/c1-14-23-21(15-8-3-2-4-9-15)25-22(24-14)18-12-7-11-17-16-10-5-6-13-19(16)26-20(17)18/h2-13H,1H3/i2D,3D,4D,8D,9D. The Hall–Kier alpha value is -3.11. The first kappa shape index (κ1) is 10.8. The quantitative estimate of drug-likeness (QED) is 0.395. The van der Waals surface area contributed by atoms with Gasteiger partial charge in [0, 0.05) is 31.3 Å². The van der Waals surface area contributed by atoms with Crippen LogP contribution in [0.4, 0.5) is 0 Å². The van der Waals surface area contributed by atoms with Crippen LogP contribution in [-0.2, 0) is 0 Å². The zero-order valence-electron chi connectivity index (χ0n) is 18.8. The summed E-state index contributed by atoms with van der Waals surface area (Å²) in [5.41, 5.74) is 0.791. The Morgan fingerprint density at radius 3 is 2.46 bits per heavy atom. The van der Waals surface area contributed by atoms with E-state index >= 15 is 0 Å². The normalized spacial score (nSPS) is 14.0. The summed E-state index contributed by atoms with van der Waals surface area (Å²) in [6, 6.07) is 12.1. The van der Waals surface area contributed by atoms with E-state index in [1.54, 1.807) is 18.3 Å². The number of rotatable bonds is 2. The van der Waals surface area contributed by atoms with E-state index in [9.17, 15) is 0 Å². The Kier molecular flexibility index (Phi) is 2.49. The highest BCUT2D eigenvalue weighted by atomic mass is 32.1. The fourth-order valence-corrected chi connectivity index (χ4v) is 4.21. The molecule has 2 heterocycles. The van der Waals surface area contributed by atoms with Gasteiger partial charge in [-0.15, -0.1) is 11.3 Å². The van der Waals surface area contributed by atoms with E-state index in [0.717, 1.165) is 25.7 Å². The van der Waals surface area contributed by atoms with Crippen LogP contribution in [0.5, 0.6) is 0 Å². The maximum absolute atomic E-state index is 8.25. The van der Waals surface area contributed by atoms with E-state index in [1.165, 1.54) is 0 Å². The summed E-state index contributed by atoms with van der Waals surface area (Å²) in [6.45, 7) is 1.70. The Bertz CT molecular complexity index is 1480. The molecule has 2 aromatic heterocycles. The lowest BCUT2D eigenvalue weighted by molar-refractivity contribution is 0.993. The second kappa shape index (κ2) is 6.00. The van der Waals surface area contributed by atoms with Gasteiger partial charge in [-0.25, -0.2) is 15.0 Å². The van der Waals surface area contributed by atoms with Crippen LogP contribution in [0.2, 0.25) is 0 Å². The molecule has 0 aliphatic carbocycles. The molecule has 26 heavy (non-hydrogen) atoms. The third-order valence-corrected chi connectivity index (χ3v) is 5.34. The number of fused-ring (bicyclic) bond motifs is 3.